The van der Waals surface area contributed by atoms with E-state index in [9.17, 15) is 32.7 Å². The van der Waals surface area contributed by atoms with Crippen molar-refractivity contribution in [3.05, 3.63) is 75.8 Å². The number of nitrogens with zero attached hydrogens (tertiary/aromatic N) is 3. The first kappa shape index (κ1) is 46.8. The molecule has 3 aromatic rings. The van der Waals surface area contributed by atoms with Gasteiger partial charge < -0.3 is 34.4 Å². The van der Waals surface area contributed by atoms with Crippen LogP contribution in [0.15, 0.2) is 53.7 Å². The lowest BCUT2D eigenvalue weighted by atomic mass is 9.66. The van der Waals surface area contributed by atoms with E-state index in [0.29, 0.717) is 61.9 Å². The number of aromatic hydroxyl groups is 1. The number of hydrogen-bond acceptors (Lipinski definition) is 9. The highest BCUT2D eigenvalue weighted by Crippen LogP contribution is 2.47. The van der Waals surface area contributed by atoms with Crippen molar-refractivity contribution in [2.45, 2.75) is 97.9 Å². The molecule has 6 rings (SSSR count). The zero-order valence-corrected chi connectivity index (χ0v) is 37.0. The van der Waals surface area contributed by atoms with Crippen molar-refractivity contribution >= 4 is 58.7 Å². The summed E-state index contributed by atoms with van der Waals surface area (Å²) in [6, 6.07) is 11.3. The molecule has 3 amide bonds. The first-order chi connectivity index (χ1) is 30.0. The Morgan fingerprint density at radius 1 is 1.11 bits per heavy atom. The fourth-order valence-electron chi connectivity index (χ4n) is 8.50. The second kappa shape index (κ2) is 19.8. The number of amides is 3. The highest BCUT2D eigenvalue weighted by atomic mass is 19.4. The van der Waals surface area contributed by atoms with E-state index in [1.165, 1.54) is 29.7 Å². The Morgan fingerprint density at radius 3 is 2.44 bits per heavy atom. The van der Waals surface area contributed by atoms with Gasteiger partial charge in [-0.2, -0.15) is 13.2 Å². The summed E-state index contributed by atoms with van der Waals surface area (Å²) < 4.78 is 57.1. The fraction of sp³-hybridized carbons (Fsp3) is 0.458. The lowest BCUT2D eigenvalue weighted by Gasteiger charge is -2.42. The number of fused-ring (bicyclic) bond motifs is 1. The van der Waals surface area contributed by atoms with Crippen LogP contribution in [0.5, 0.6) is 17.2 Å². The van der Waals surface area contributed by atoms with Crippen LogP contribution in [0.1, 0.15) is 82.9 Å². The third-order valence-corrected chi connectivity index (χ3v) is 12.5. The van der Waals surface area contributed by atoms with Crippen LogP contribution in [0.3, 0.4) is 0 Å². The zero-order chi connectivity index (χ0) is 45.6. The maximum atomic E-state index is 13.9. The Kier molecular flexibility index (Phi) is 14.7. The molecule has 15 heteroatoms. The van der Waals surface area contributed by atoms with E-state index >= 15 is 0 Å². The molecule has 1 aliphatic carbocycles. The zero-order valence-electron chi connectivity index (χ0n) is 37.0. The largest absolute Gasteiger partial charge is 0.507 e. The van der Waals surface area contributed by atoms with Gasteiger partial charge >= 0.3 is 6.18 Å². The van der Waals surface area contributed by atoms with E-state index < -0.39 is 31.0 Å². The van der Waals surface area contributed by atoms with Crippen LogP contribution < -0.4 is 35.4 Å². The van der Waals surface area contributed by atoms with Crippen LogP contribution in [0, 0.1) is 18.3 Å². The van der Waals surface area contributed by atoms with Crippen molar-refractivity contribution in [2.24, 2.45) is 16.3 Å². The van der Waals surface area contributed by atoms with E-state index in [2.05, 4.69) is 36.1 Å². The molecule has 12 nitrogen and oxygen atoms in total. The molecule has 0 bridgehead atoms. The van der Waals surface area contributed by atoms with Gasteiger partial charge in [0.2, 0.25) is 18.4 Å². The molecule has 0 radical (unpaired) electrons. The molecule has 3 aliphatic rings. The number of phenolic OH excluding ortho intramolecular Hbond substituents is 1. The number of hydrogen-bond donors (Lipinski definition) is 3. The Bertz CT molecular complexity index is 2370. The first-order valence-corrected chi connectivity index (χ1v) is 21.4. The highest BCUT2D eigenvalue weighted by molar-refractivity contribution is 5.96. The molecule has 3 N–H and O–H groups in total. The Hall–Kier alpha value is -5.67. The van der Waals surface area contributed by atoms with Crippen molar-refractivity contribution in [1.82, 2.24) is 10.2 Å². The number of aryl methyl sites for hydroxylation is 1. The lowest BCUT2D eigenvalue weighted by Crippen LogP contribution is -2.44. The van der Waals surface area contributed by atoms with Crippen LogP contribution >= 0.6 is 0 Å². The number of carbonyl (C=O) groups is 3. The molecule has 1 saturated carbocycles. The molecule has 2 aliphatic heterocycles. The van der Waals surface area contributed by atoms with Gasteiger partial charge in [-0.05, 0) is 105 Å². The van der Waals surface area contributed by atoms with Gasteiger partial charge in [-0.3, -0.25) is 24.7 Å². The standard InChI is InChI=1S/C48H58F3N5O7/c1-8-36-40(58)23-39-37(44(36)31(5)29(2)3)15-19-56(39)43(59)14-18-47(16-9-17-47)26-62-42-22-38(30(4)20-41(42)61-7)53-24-35-21-33(25-55(35)28-57)32-10-12-34(13-11-32)54-46(60)45(48(49,50)51)63-27-52-6/h8,10-13,20,22-25,28-29,35,45,52,58H,9,14-19,21,26-27H2,1-7H3,(H,54,60)/b36-8-,44-31+,53-24-. The minimum Gasteiger partial charge on any atom is -0.507 e. The lowest BCUT2D eigenvalue weighted by molar-refractivity contribution is -0.217. The fourth-order valence-corrected chi connectivity index (χ4v) is 8.50. The van der Waals surface area contributed by atoms with Crippen molar-refractivity contribution in [1.29, 1.82) is 0 Å². The number of methoxy groups -OCH3 is 1. The molecule has 3 aromatic carbocycles. The molecule has 2 atom stereocenters. The minimum absolute atomic E-state index is 0.0363. The van der Waals surface area contributed by atoms with Crippen molar-refractivity contribution in [2.75, 3.05) is 44.3 Å². The van der Waals surface area contributed by atoms with Gasteiger partial charge in [0, 0.05) is 60.3 Å². The van der Waals surface area contributed by atoms with Gasteiger partial charge in [0.25, 0.3) is 5.91 Å². The molecule has 2 heterocycles. The van der Waals surface area contributed by atoms with Crippen LogP contribution in [0.2, 0.25) is 0 Å². The van der Waals surface area contributed by atoms with Crippen molar-refractivity contribution in [3.63, 3.8) is 0 Å². The van der Waals surface area contributed by atoms with Gasteiger partial charge in [0.1, 0.15) is 5.75 Å². The molecular formula is C48H58F3N5O7. The second-order valence-electron chi connectivity index (χ2n) is 16.9. The highest BCUT2D eigenvalue weighted by Gasteiger charge is 2.46. The second-order valence-corrected chi connectivity index (χ2v) is 16.9. The van der Waals surface area contributed by atoms with E-state index in [4.69, 9.17) is 14.5 Å². The quantitative estimate of drug-likeness (QED) is 0.0730. The minimum atomic E-state index is -4.89. The number of alkyl halides is 3. The SMILES string of the molecule is C/C=c1/c(O)cc2c(/c1=C(\C)C(C)C)CCN2C(=O)CCC1(COc2cc(/N=C\C3CC(c4ccc(NC(=O)C(OCNC)C(F)(F)F)cc4)=CN3C=O)c(C)cc2OC)CCC1. The molecule has 2 unspecified atom stereocenters. The van der Waals surface area contributed by atoms with E-state index in [-0.39, 0.29) is 22.8 Å². The Morgan fingerprint density at radius 2 is 1.84 bits per heavy atom. The van der Waals surface area contributed by atoms with Crippen LogP contribution in [0.25, 0.3) is 17.2 Å². The third-order valence-electron chi connectivity index (χ3n) is 12.5. The van der Waals surface area contributed by atoms with E-state index in [0.717, 1.165) is 64.1 Å². The summed E-state index contributed by atoms with van der Waals surface area (Å²) in [6.07, 6.45) is 3.57. The summed E-state index contributed by atoms with van der Waals surface area (Å²) in [6.45, 7) is 10.7. The number of nitrogens with one attached hydrogen (secondary N) is 2. The topological polar surface area (TPSA) is 142 Å². The normalized spacial score (nSPS) is 18.3. The molecule has 63 heavy (non-hydrogen) atoms. The van der Waals surface area contributed by atoms with Crippen LogP contribution in [0.4, 0.5) is 30.2 Å². The molecule has 0 spiro atoms. The molecule has 0 aromatic heterocycles. The summed E-state index contributed by atoms with van der Waals surface area (Å²) in [7, 11) is 2.98. The number of halogens is 3. The number of benzene rings is 3. The van der Waals surface area contributed by atoms with Gasteiger partial charge in [0.15, 0.2) is 11.5 Å². The van der Waals surface area contributed by atoms with Gasteiger partial charge in [-0.1, -0.05) is 44.1 Å². The summed E-state index contributed by atoms with van der Waals surface area (Å²) in [5.41, 5.74) is 6.05. The average Bonchev–Trinajstić information content (AvgIpc) is 3.86. The number of aliphatic imine (C=N–C) groups is 1. The summed E-state index contributed by atoms with van der Waals surface area (Å²) in [5, 5.41) is 17.6. The number of anilines is 2. The van der Waals surface area contributed by atoms with Crippen LogP contribution in [-0.4, -0.2) is 86.8 Å². The Balaban J connectivity index is 1.10. The summed E-state index contributed by atoms with van der Waals surface area (Å²) >= 11 is 0. The predicted octanol–water partition coefficient (Wildman–Crippen LogP) is 7.29. The third kappa shape index (κ3) is 10.4. The molecule has 0 saturated heterocycles. The van der Waals surface area contributed by atoms with E-state index in [1.54, 1.807) is 37.7 Å². The number of ether oxygens (including phenoxy) is 3. The van der Waals surface area contributed by atoms with E-state index in [1.807, 2.05) is 37.0 Å². The predicted molar refractivity (Wildman–Crippen MR) is 239 cm³/mol. The van der Waals surface area contributed by atoms with Gasteiger partial charge in [0.05, 0.1) is 37.9 Å². The molecule has 1 fully saturated rings. The number of phenols is 1. The molecule has 338 valence electrons. The van der Waals surface area contributed by atoms with Crippen molar-refractivity contribution in [3.8, 4) is 17.2 Å². The average molecular weight is 874 g/mol. The Labute approximate surface area is 366 Å². The van der Waals surface area contributed by atoms with Crippen LogP contribution in [-0.2, 0) is 25.5 Å². The monoisotopic (exact) mass is 873 g/mol. The molecular weight excluding hydrogens is 816 g/mol. The summed E-state index contributed by atoms with van der Waals surface area (Å²) in [5.74, 6) is 0.247. The number of rotatable bonds is 17. The first-order valence-electron chi connectivity index (χ1n) is 21.4. The maximum Gasteiger partial charge on any atom is 0.423 e. The smallest absolute Gasteiger partial charge is 0.423 e. The summed E-state index contributed by atoms with van der Waals surface area (Å²) in [4.78, 5) is 46.5. The number of carbonyl (C=O) groups excluding carboxylic acids is 3. The van der Waals surface area contributed by atoms with Gasteiger partial charge in [-0.15, -0.1) is 0 Å². The van der Waals surface area contributed by atoms with Crippen molar-refractivity contribution < 1.29 is 46.9 Å². The maximum absolute atomic E-state index is 13.9. The van der Waals surface area contributed by atoms with Gasteiger partial charge in [-0.25, -0.2) is 0 Å².